The Morgan fingerprint density at radius 3 is 3.08 bits per heavy atom. The molecule has 5 heteroatoms. The first-order valence-corrected chi connectivity index (χ1v) is 5.17. The molecule has 1 aromatic rings. The van der Waals surface area contributed by atoms with Crippen LogP contribution in [0.3, 0.4) is 0 Å². The van der Waals surface area contributed by atoms with Gasteiger partial charge in [-0.3, -0.25) is 0 Å². The molecule has 3 nitrogen and oxygen atoms in total. The van der Waals surface area contributed by atoms with Crippen LogP contribution in [0.5, 0.6) is 0 Å². The average molecular weight is 199 g/mol. The van der Waals surface area contributed by atoms with Crippen LogP contribution in [0.25, 0.3) is 0 Å². The molecule has 0 unspecified atom stereocenters. The molecule has 2 heterocycles. The van der Waals surface area contributed by atoms with Crippen molar-refractivity contribution < 1.29 is 9.63 Å². The summed E-state index contributed by atoms with van der Waals surface area (Å²) in [7, 11) is 0. The zero-order valence-corrected chi connectivity index (χ0v) is 7.65. The van der Waals surface area contributed by atoms with Gasteiger partial charge in [-0.15, -0.1) is 11.3 Å². The molecule has 1 aromatic heterocycles. The number of thiophene rings is 1. The van der Waals surface area contributed by atoms with Crippen molar-refractivity contribution in [3.63, 3.8) is 0 Å². The van der Waals surface area contributed by atoms with Gasteiger partial charge in [-0.1, -0.05) is 23.0 Å². The van der Waals surface area contributed by atoms with Gasteiger partial charge in [0.1, 0.15) is 5.75 Å². The lowest BCUT2D eigenvalue weighted by atomic mass is 10.5. The molecular weight excluding hydrogens is 194 g/mol. The summed E-state index contributed by atoms with van der Waals surface area (Å²) in [5.74, 6) is 0.0804. The lowest BCUT2D eigenvalue weighted by molar-refractivity contribution is -0.140. The number of oxime groups is 1. The molecule has 1 aliphatic heterocycles. The first-order valence-electron chi connectivity index (χ1n) is 3.31. The van der Waals surface area contributed by atoms with Crippen LogP contribution in [0, 0.1) is 0 Å². The molecule has 2 rings (SSSR count). The molecule has 0 spiro atoms. The summed E-state index contributed by atoms with van der Waals surface area (Å²) >= 11 is 3.00. The summed E-state index contributed by atoms with van der Waals surface area (Å²) in [6.07, 6.45) is 0. The van der Waals surface area contributed by atoms with Gasteiger partial charge in [0.2, 0.25) is 0 Å². The molecule has 12 heavy (non-hydrogen) atoms. The van der Waals surface area contributed by atoms with Crippen LogP contribution in [-0.2, 0) is 9.63 Å². The van der Waals surface area contributed by atoms with E-state index in [4.69, 9.17) is 0 Å². The third-order valence-corrected chi connectivity index (χ3v) is 3.24. The van der Waals surface area contributed by atoms with Crippen molar-refractivity contribution in [2.75, 3.05) is 5.75 Å². The van der Waals surface area contributed by atoms with Crippen LogP contribution in [0.4, 0.5) is 0 Å². The topological polar surface area (TPSA) is 38.7 Å². The molecule has 0 fully saturated rings. The fourth-order valence-corrected chi connectivity index (χ4v) is 2.32. The zero-order chi connectivity index (χ0) is 8.39. The molecule has 0 amide bonds. The molecule has 0 aromatic carbocycles. The number of carbonyl (C=O) groups excluding carboxylic acids is 1. The van der Waals surface area contributed by atoms with Gasteiger partial charge in [0.05, 0.1) is 4.88 Å². The summed E-state index contributed by atoms with van der Waals surface area (Å²) < 4.78 is 0. The lowest BCUT2D eigenvalue weighted by Gasteiger charge is -2.06. The van der Waals surface area contributed by atoms with Crippen LogP contribution >= 0.6 is 23.1 Å². The number of nitrogens with zero attached hydrogens (tertiary/aromatic N) is 1. The van der Waals surface area contributed by atoms with Crippen LogP contribution in [0.1, 0.15) is 4.88 Å². The van der Waals surface area contributed by atoms with Gasteiger partial charge in [-0.05, 0) is 11.4 Å². The van der Waals surface area contributed by atoms with E-state index in [-0.39, 0.29) is 5.97 Å². The minimum atomic E-state index is -0.277. The third kappa shape index (κ3) is 1.51. The summed E-state index contributed by atoms with van der Waals surface area (Å²) in [5, 5.41) is 6.46. The molecule has 0 radical (unpaired) electrons. The Balaban J connectivity index is 2.21. The minimum absolute atomic E-state index is 0.277. The van der Waals surface area contributed by atoms with Crippen molar-refractivity contribution in [3.05, 3.63) is 22.4 Å². The monoisotopic (exact) mass is 199 g/mol. The van der Waals surface area contributed by atoms with Gasteiger partial charge in [0.15, 0.2) is 5.04 Å². The van der Waals surface area contributed by atoms with Crippen LogP contribution < -0.4 is 0 Å². The second-order valence-corrected chi connectivity index (χ2v) is 4.04. The number of hydrogen-bond acceptors (Lipinski definition) is 5. The standard InChI is InChI=1S/C7H5NO2S2/c9-6-4-12-7(8-10-6)5-2-1-3-11-5/h1-3H,4H2. The second kappa shape index (κ2) is 3.28. The molecule has 0 saturated heterocycles. The molecule has 0 bridgehead atoms. The van der Waals surface area contributed by atoms with E-state index in [0.717, 1.165) is 9.92 Å². The Bertz CT molecular complexity index is 318. The van der Waals surface area contributed by atoms with Crippen molar-refractivity contribution >= 4 is 34.1 Å². The molecular formula is C7H5NO2S2. The maximum Gasteiger partial charge on any atom is 0.345 e. The predicted molar refractivity (Wildman–Crippen MR) is 49.4 cm³/mol. The van der Waals surface area contributed by atoms with E-state index >= 15 is 0 Å². The Hall–Kier alpha value is -0.810. The van der Waals surface area contributed by atoms with Gasteiger partial charge in [-0.2, -0.15) is 0 Å². The van der Waals surface area contributed by atoms with Gasteiger partial charge in [0.25, 0.3) is 0 Å². The largest absolute Gasteiger partial charge is 0.345 e. The van der Waals surface area contributed by atoms with Crippen molar-refractivity contribution in [1.29, 1.82) is 0 Å². The van der Waals surface area contributed by atoms with Gasteiger partial charge < -0.3 is 4.84 Å². The normalized spacial score (nSPS) is 17.0. The number of thioether (sulfide) groups is 1. The van der Waals surface area contributed by atoms with E-state index in [2.05, 4.69) is 9.99 Å². The SMILES string of the molecule is O=C1CSC(c2cccs2)=NO1. The van der Waals surface area contributed by atoms with E-state index in [9.17, 15) is 4.79 Å². The van der Waals surface area contributed by atoms with E-state index < -0.39 is 0 Å². The van der Waals surface area contributed by atoms with Gasteiger partial charge >= 0.3 is 5.97 Å². The van der Waals surface area contributed by atoms with E-state index in [1.165, 1.54) is 11.8 Å². The highest BCUT2D eigenvalue weighted by atomic mass is 32.2. The predicted octanol–water partition coefficient (Wildman–Crippen LogP) is 1.70. The maximum atomic E-state index is 10.6. The summed E-state index contributed by atoms with van der Waals surface area (Å²) in [5.41, 5.74) is 0. The molecule has 0 N–H and O–H groups in total. The quantitative estimate of drug-likeness (QED) is 0.646. The lowest BCUT2D eigenvalue weighted by Crippen LogP contribution is -2.12. The van der Waals surface area contributed by atoms with Crippen molar-refractivity contribution in [2.24, 2.45) is 5.16 Å². The average Bonchev–Trinajstić information content (AvgIpc) is 2.58. The second-order valence-electron chi connectivity index (χ2n) is 2.13. The van der Waals surface area contributed by atoms with Gasteiger partial charge in [0, 0.05) is 0 Å². The third-order valence-electron chi connectivity index (χ3n) is 1.29. The zero-order valence-electron chi connectivity index (χ0n) is 6.02. The number of hydrogen-bond donors (Lipinski definition) is 0. The summed E-state index contributed by atoms with van der Waals surface area (Å²) in [6.45, 7) is 0. The Kier molecular flexibility index (Phi) is 2.14. The Morgan fingerprint density at radius 1 is 1.58 bits per heavy atom. The maximum absolute atomic E-state index is 10.6. The molecule has 1 aliphatic rings. The van der Waals surface area contributed by atoms with Crippen molar-refractivity contribution in [3.8, 4) is 0 Å². The molecule has 0 aliphatic carbocycles. The minimum Gasteiger partial charge on any atom is -0.316 e. The van der Waals surface area contributed by atoms with E-state index in [1.54, 1.807) is 11.3 Å². The Morgan fingerprint density at radius 2 is 2.50 bits per heavy atom. The molecule has 0 atom stereocenters. The van der Waals surface area contributed by atoms with Crippen LogP contribution in [0.15, 0.2) is 22.7 Å². The van der Waals surface area contributed by atoms with E-state index in [1.807, 2.05) is 17.5 Å². The summed E-state index contributed by atoms with van der Waals surface area (Å²) in [4.78, 5) is 16.2. The number of carbonyl (C=O) groups is 1. The smallest absolute Gasteiger partial charge is 0.316 e. The summed E-state index contributed by atoms with van der Waals surface area (Å²) in [6, 6.07) is 3.90. The highest BCUT2D eigenvalue weighted by Gasteiger charge is 2.16. The van der Waals surface area contributed by atoms with Crippen molar-refractivity contribution in [2.45, 2.75) is 0 Å². The van der Waals surface area contributed by atoms with Crippen molar-refractivity contribution in [1.82, 2.24) is 0 Å². The van der Waals surface area contributed by atoms with Crippen LogP contribution in [0.2, 0.25) is 0 Å². The Labute approximate surface area is 77.4 Å². The number of rotatable bonds is 1. The molecule has 0 saturated carbocycles. The molecule has 62 valence electrons. The van der Waals surface area contributed by atoms with Gasteiger partial charge in [-0.25, -0.2) is 4.79 Å². The van der Waals surface area contributed by atoms with E-state index in [0.29, 0.717) is 5.75 Å². The highest BCUT2D eigenvalue weighted by molar-refractivity contribution is 8.15. The fourth-order valence-electron chi connectivity index (χ4n) is 0.789. The fraction of sp³-hybridized carbons (Fsp3) is 0.143. The first-order chi connectivity index (χ1) is 5.86. The first kappa shape index (κ1) is 7.82. The highest BCUT2D eigenvalue weighted by Crippen LogP contribution is 2.21. The van der Waals surface area contributed by atoms with Crippen LogP contribution in [-0.4, -0.2) is 16.8 Å².